The third-order valence-corrected chi connectivity index (χ3v) is 6.03. The predicted octanol–water partition coefficient (Wildman–Crippen LogP) is 3.85. The first-order chi connectivity index (χ1) is 14.5. The Kier molecular flexibility index (Phi) is 4.47. The fraction of sp³-hybridized carbons (Fsp3) is 0.130. The van der Waals surface area contributed by atoms with Crippen LogP contribution in [0, 0.1) is 0 Å². The zero-order valence-corrected chi connectivity index (χ0v) is 17.4. The Balaban J connectivity index is 1.72. The number of rotatable bonds is 3. The zero-order valence-electron chi connectivity index (χ0n) is 15.8. The van der Waals surface area contributed by atoms with Gasteiger partial charge in [-0.2, -0.15) is 0 Å². The molecule has 1 aliphatic carbocycles. The molecule has 0 radical (unpaired) electrons. The van der Waals surface area contributed by atoms with Gasteiger partial charge in [0.1, 0.15) is 5.82 Å². The van der Waals surface area contributed by atoms with Crippen molar-refractivity contribution in [1.29, 1.82) is 0 Å². The van der Waals surface area contributed by atoms with E-state index in [2.05, 4.69) is 15.9 Å². The maximum Gasteiger partial charge on any atom is 0.260 e. The normalized spacial score (nSPS) is 16.6. The summed E-state index contributed by atoms with van der Waals surface area (Å²) >= 11 is 3.37. The number of fused-ring (bicyclic) bond motifs is 2. The minimum atomic E-state index is -0.490. The summed E-state index contributed by atoms with van der Waals surface area (Å²) in [6.07, 6.45) is 3.38. The molecule has 1 aliphatic heterocycles. The number of aromatic nitrogens is 1. The molecule has 7 heteroatoms. The molecule has 150 valence electrons. The van der Waals surface area contributed by atoms with Crippen LogP contribution < -0.4 is 20.8 Å². The van der Waals surface area contributed by atoms with Gasteiger partial charge in [0, 0.05) is 11.1 Å². The molecule has 2 aromatic carbocycles. The monoisotopic (exact) mass is 464 g/mol. The highest BCUT2D eigenvalue weighted by Gasteiger charge is 2.30. The van der Waals surface area contributed by atoms with Crippen molar-refractivity contribution < 1.29 is 14.3 Å². The van der Waals surface area contributed by atoms with Crippen molar-refractivity contribution in [3.05, 3.63) is 81.7 Å². The second kappa shape index (κ2) is 7.18. The minimum absolute atomic E-state index is 0.176. The number of allylic oxidation sites excluding steroid dienone is 1. The van der Waals surface area contributed by atoms with E-state index in [1.165, 1.54) is 4.57 Å². The van der Waals surface area contributed by atoms with E-state index in [0.29, 0.717) is 28.2 Å². The van der Waals surface area contributed by atoms with E-state index < -0.39 is 4.83 Å². The smallest absolute Gasteiger partial charge is 0.260 e. The Bertz CT molecular complexity index is 1260. The predicted molar refractivity (Wildman–Crippen MR) is 118 cm³/mol. The minimum Gasteiger partial charge on any atom is -0.454 e. The van der Waals surface area contributed by atoms with Gasteiger partial charge < -0.3 is 15.2 Å². The van der Waals surface area contributed by atoms with Gasteiger partial charge in [0.05, 0.1) is 16.9 Å². The zero-order chi connectivity index (χ0) is 20.8. The quantitative estimate of drug-likeness (QED) is 0.595. The molecule has 2 aliphatic rings. The first-order valence-corrected chi connectivity index (χ1v) is 10.3. The van der Waals surface area contributed by atoms with Crippen molar-refractivity contribution in [2.24, 2.45) is 0 Å². The molecule has 1 atom stereocenters. The van der Waals surface area contributed by atoms with Crippen LogP contribution in [0.4, 0.5) is 5.82 Å². The van der Waals surface area contributed by atoms with E-state index in [1.807, 2.05) is 48.5 Å². The van der Waals surface area contributed by atoms with Gasteiger partial charge in [-0.25, -0.2) is 0 Å². The molecule has 0 amide bonds. The average Bonchev–Trinajstić information content (AvgIpc) is 3.23. The summed E-state index contributed by atoms with van der Waals surface area (Å²) in [7, 11) is 0. The van der Waals surface area contributed by atoms with Gasteiger partial charge >= 0.3 is 0 Å². The number of nitrogen functional groups attached to an aromatic ring is 1. The summed E-state index contributed by atoms with van der Waals surface area (Å²) < 4.78 is 12.3. The van der Waals surface area contributed by atoms with Crippen LogP contribution in [0.25, 0.3) is 17.2 Å². The van der Waals surface area contributed by atoms with Crippen LogP contribution in [0.15, 0.2) is 59.4 Å². The number of hydrogen-bond acceptors (Lipinski definition) is 5. The van der Waals surface area contributed by atoms with Crippen molar-refractivity contribution in [3.63, 3.8) is 0 Å². The number of benzene rings is 2. The van der Waals surface area contributed by atoms with Gasteiger partial charge in [-0.3, -0.25) is 14.2 Å². The van der Waals surface area contributed by atoms with Crippen molar-refractivity contribution in [3.8, 4) is 22.6 Å². The maximum absolute atomic E-state index is 13.3. The van der Waals surface area contributed by atoms with Crippen LogP contribution in [-0.4, -0.2) is 22.0 Å². The van der Waals surface area contributed by atoms with Crippen LogP contribution in [0.3, 0.4) is 0 Å². The lowest BCUT2D eigenvalue weighted by Crippen LogP contribution is -2.32. The molecule has 2 heterocycles. The van der Waals surface area contributed by atoms with Gasteiger partial charge in [0.15, 0.2) is 17.3 Å². The molecular weight excluding hydrogens is 448 g/mol. The molecular formula is C23H17BrN2O4. The Morgan fingerprint density at radius 2 is 1.80 bits per heavy atom. The maximum atomic E-state index is 13.3. The van der Waals surface area contributed by atoms with Gasteiger partial charge in [-0.15, -0.1) is 0 Å². The van der Waals surface area contributed by atoms with E-state index in [1.54, 1.807) is 12.2 Å². The Morgan fingerprint density at radius 1 is 1.03 bits per heavy atom. The van der Waals surface area contributed by atoms with Crippen LogP contribution in [0.1, 0.15) is 21.5 Å². The molecule has 6 nitrogen and oxygen atoms in total. The number of hydrogen-bond donors (Lipinski definition) is 1. The molecule has 0 fully saturated rings. The highest BCUT2D eigenvalue weighted by molar-refractivity contribution is 9.10. The van der Waals surface area contributed by atoms with Crippen LogP contribution in [0.5, 0.6) is 11.5 Å². The van der Waals surface area contributed by atoms with Crippen LogP contribution >= 0.6 is 15.9 Å². The van der Waals surface area contributed by atoms with Crippen molar-refractivity contribution >= 4 is 33.6 Å². The molecule has 0 saturated heterocycles. The molecule has 5 rings (SSSR count). The number of alkyl halides is 1. The average molecular weight is 465 g/mol. The van der Waals surface area contributed by atoms with Crippen LogP contribution in [0.2, 0.25) is 0 Å². The molecule has 0 bridgehead atoms. The molecule has 0 saturated carbocycles. The summed E-state index contributed by atoms with van der Waals surface area (Å²) in [5.74, 6) is 1.39. The largest absolute Gasteiger partial charge is 0.454 e. The number of Topliss-reactive ketones (excluding diaryl/α,β-unsaturated/α-hetero) is 1. The summed E-state index contributed by atoms with van der Waals surface area (Å²) in [6, 6.07) is 14.9. The van der Waals surface area contributed by atoms with Gasteiger partial charge in [-0.05, 0) is 23.3 Å². The molecule has 30 heavy (non-hydrogen) atoms. The molecule has 1 unspecified atom stereocenters. The molecule has 1 aromatic heterocycles. The third kappa shape index (κ3) is 2.93. The highest BCUT2D eigenvalue weighted by atomic mass is 79.9. The van der Waals surface area contributed by atoms with Crippen molar-refractivity contribution in [2.75, 3.05) is 12.5 Å². The SMILES string of the molecule is Nc1c(-c2ccccc2)c2c(c(=O)n1Cc1ccc3c(c1)OCO3)C=CC(Br)C2=O. The molecule has 2 N–H and O–H groups in total. The number of carbonyl (C=O) groups is 1. The van der Waals surface area contributed by atoms with E-state index in [9.17, 15) is 9.59 Å². The second-order valence-corrected chi connectivity index (χ2v) is 8.11. The van der Waals surface area contributed by atoms with E-state index in [0.717, 1.165) is 11.1 Å². The summed E-state index contributed by atoms with van der Waals surface area (Å²) in [6.45, 7) is 0.423. The van der Waals surface area contributed by atoms with Crippen LogP contribution in [-0.2, 0) is 6.54 Å². The first-order valence-electron chi connectivity index (χ1n) is 9.41. The van der Waals surface area contributed by atoms with Gasteiger partial charge in [0.25, 0.3) is 5.56 Å². The van der Waals surface area contributed by atoms with E-state index in [4.69, 9.17) is 15.2 Å². The highest BCUT2D eigenvalue weighted by Crippen LogP contribution is 2.36. The number of ketones is 1. The molecule has 3 aromatic rings. The third-order valence-electron chi connectivity index (χ3n) is 5.31. The lowest BCUT2D eigenvalue weighted by atomic mass is 9.89. The second-order valence-electron chi connectivity index (χ2n) is 7.12. The fourth-order valence-electron chi connectivity index (χ4n) is 3.85. The first kappa shape index (κ1) is 18.7. The van der Waals surface area contributed by atoms with Gasteiger partial charge in [0.2, 0.25) is 6.79 Å². The standard InChI is InChI=1S/C23H17BrN2O4/c24-16-8-7-15-20(21(16)27)19(14-4-2-1-3-5-14)22(25)26(23(15)28)11-13-6-9-17-18(10-13)30-12-29-17/h1-10,16H,11-12,25H2. The van der Waals surface area contributed by atoms with E-state index in [-0.39, 0.29) is 30.5 Å². The topological polar surface area (TPSA) is 83.6 Å². The Hall–Kier alpha value is -3.32. The lowest BCUT2D eigenvalue weighted by molar-refractivity contribution is 0.100. The van der Waals surface area contributed by atoms with Crippen molar-refractivity contribution in [1.82, 2.24) is 4.57 Å². The number of nitrogens with two attached hydrogens (primary N) is 1. The number of nitrogens with zero attached hydrogens (tertiary/aromatic N) is 1. The lowest BCUT2D eigenvalue weighted by Gasteiger charge is -2.23. The number of halogens is 1. The van der Waals surface area contributed by atoms with E-state index >= 15 is 0 Å². The summed E-state index contributed by atoms with van der Waals surface area (Å²) in [4.78, 5) is 25.8. The number of anilines is 1. The van der Waals surface area contributed by atoms with Crippen molar-refractivity contribution in [2.45, 2.75) is 11.4 Å². The van der Waals surface area contributed by atoms with Gasteiger partial charge in [-0.1, -0.05) is 64.5 Å². The number of carbonyl (C=O) groups excluding carboxylic acids is 1. The summed E-state index contributed by atoms with van der Waals surface area (Å²) in [5.41, 5.74) is 9.13. The fourth-order valence-corrected chi connectivity index (χ4v) is 4.23. The Labute approximate surface area is 180 Å². The Morgan fingerprint density at radius 3 is 2.60 bits per heavy atom. The summed E-state index contributed by atoms with van der Waals surface area (Å²) in [5, 5.41) is 0. The molecule has 0 spiro atoms. The number of ether oxygens (including phenoxy) is 2. The number of pyridine rings is 1.